The van der Waals surface area contributed by atoms with E-state index in [-0.39, 0.29) is 11.4 Å². The quantitative estimate of drug-likeness (QED) is 0.916. The summed E-state index contributed by atoms with van der Waals surface area (Å²) >= 11 is 0. The Bertz CT molecular complexity index is 690. The average molecular weight is 326 g/mol. The maximum absolute atomic E-state index is 12.2. The van der Waals surface area contributed by atoms with Crippen molar-refractivity contribution in [2.45, 2.75) is 6.18 Å². The van der Waals surface area contributed by atoms with Crippen LogP contribution in [0.1, 0.15) is 10.4 Å². The molecule has 0 bridgehead atoms. The van der Waals surface area contributed by atoms with Gasteiger partial charge in [-0.05, 0) is 24.3 Å². The molecule has 0 aliphatic carbocycles. The summed E-state index contributed by atoms with van der Waals surface area (Å²) in [6.07, 6.45) is -3.27. The Morgan fingerprint density at radius 1 is 1.26 bits per heavy atom. The predicted octanol–water partition coefficient (Wildman–Crippen LogP) is 3.28. The fraction of sp³-hybridized carbons (Fsp3) is 0.200. The summed E-state index contributed by atoms with van der Waals surface area (Å²) in [6, 6.07) is 9.31. The van der Waals surface area contributed by atoms with E-state index in [1.165, 1.54) is 25.4 Å². The molecule has 1 amide bonds. The van der Waals surface area contributed by atoms with E-state index in [1.54, 1.807) is 24.3 Å². The first-order chi connectivity index (χ1) is 10.9. The molecule has 2 rings (SSSR count). The highest BCUT2D eigenvalue weighted by atomic mass is 19.4. The van der Waals surface area contributed by atoms with Gasteiger partial charge in [-0.1, -0.05) is 6.07 Å². The summed E-state index contributed by atoms with van der Waals surface area (Å²) in [7, 11) is 1.48. The second-order valence-electron chi connectivity index (χ2n) is 4.45. The summed E-state index contributed by atoms with van der Waals surface area (Å²) in [5.74, 6) is -0.490. The third kappa shape index (κ3) is 4.87. The van der Waals surface area contributed by atoms with Crippen LogP contribution in [0, 0.1) is 0 Å². The van der Waals surface area contributed by atoms with E-state index in [4.69, 9.17) is 4.74 Å². The number of benzene rings is 1. The minimum atomic E-state index is -4.52. The molecule has 0 radical (unpaired) electrons. The van der Waals surface area contributed by atoms with Gasteiger partial charge >= 0.3 is 6.18 Å². The van der Waals surface area contributed by atoms with Crippen LogP contribution >= 0.6 is 0 Å². The molecule has 0 spiro atoms. The van der Waals surface area contributed by atoms with E-state index in [0.29, 0.717) is 11.4 Å². The van der Waals surface area contributed by atoms with E-state index in [1.807, 2.05) is 0 Å². The summed E-state index contributed by atoms with van der Waals surface area (Å²) < 4.78 is 46.3. The standard InChI is InChI=1S/C15H13F3N2O3/c1-22-11-5-2-4-10(8-11)20-13(21)12-6-3-7-19-14(12)23-9-15(16,17)18/h2-8H,9H2,1H3,(H,20,21). The number of hydrogen-bond acceptors (Lipinski definition) is 4. The number of amides is 1. The first-order valence-electron chi connectivity index (χ1n) is 6.49. The maximum Gasteiger partial charge on any atom is 0.422 e. The van der Waals surface area contributed by atoms with Crippen LogP contribution in [0.25, 0.3) is 0 Å². The van der Waals surface area contributed by atoms with Crippen LogP contribution in [0.15, 0.2) is 42.6 Å². The summed E-state index contributed by atoms with van der Waals surface area (Å²) in [6.45, 7) is -1.52. The van der Waals surface area contributed by atoms with Crippen molar-refractivity contribution < 1.29 is 27.4 Å². The van der Waals surface area contributed by atoms with Crippen LogP contribution in [-0.4, -0.2) is 30.8 Å². The number of pyridine rings is 1. The molecule has 0 saturated carbocycles. The smallest absolute Gasteiger partial charge is 0.422 e. The van der Waals surface area contributed by atoms with Gasteiger partial charge in [0.2, 0.25) is 5.88 Å². The molecule has 0 atom stereocenters. The Morgan fingerprint density at radius 3 is 2.74 bits per heavy atom. The van der Waals surface area contributed by atoms with Crippen molar-refractivity contribution in [3.63, 3.8) is 0 Å². The van der Waals surface area contributed by atoms with Crippen molar-refractivity contribution >= 4 is 11.6 Å². The highest BCUT2D eigenvalue weighted by Crippen LogP contribution is 2.22. The van der Waals surface area contributed by atoms with Crippen LogP contribution in [-0.2, 0) is 0 Å². The van der Waals surface area contributed by atoms with Gasteiger partial charge in [0, 0.05) is 18.0 Å². The van der Waals surface area contributed by atoms with Gasteiger partial charge in [0.1, 0.15) is 11.3 Å². The Labute approximate surface area is 130 Å². The summed E-state index contributed by atoms with van der Waals surface area (Å²) in [4.78, 5) is 15.9. The lowest BCUT2D eigenvalue weighted by Gasteiger charge is -2.12. The molecule has 0 unspecified atom stereocenters. The number of methoxy groups -OCH3 is 1. The molecular weight excluding hydrogens is 313 g/mol. The van der Waals surface area contributed by atoms with Crippen molar-refractivity contribution in [1.29, 1.82) is 0 Å². The number of hydrogen-bond donors (Lipinski definition) is 1. The minimum Gasteiger partial charge on any atom is -0.497 e. The average Bonchev–Trinajstić information content (AvgIpc) is 2.52. The predicted molar refractivity (Wildman–Crippen MR) is 76.7 cm³/mol. The fourth-order valence-electron chi connectivity index (χ4n) is 1.73. The number of rotatable bonds is 5. The molecule has 1 aromatic carbocycles. The third-order valence-electron chi connectivity index (χ3n) is 2.72. The van der Waals surface area contributed by atoms with Crippen LogP contribution in [0.3, 0.4) is 0 Å². The molecule has 1 heterocycles. The molecule has 1 N–H and O–H groups in total. The Hall–Kier alpha value is -2.77. The maximum atomic E-state index is 12.2. The lowest BCUT2D eigenvalue weighted by Crippen LogP contribution is -2.22. The first-order valence-corrected chi connectivity index (χ1v) is 6.49. The minimum absolute atomic E-state index is 0.0976. The van der Waals surface area contributed by atoms with Crippen LogP contribution in [0.4, 0.5) is 18.9 Å². The fourth-order valence-corrected chi connectivity index (χ4v) is 1.73. The Balaban J connectivity index is 2.15. The molecule has 0 fully saturated rings. The van der Waals surface area contributed by atoms with Crippen LogP contribution in [0.2, 0.25) is 0 Å². The van der Waals surface area contributed by atoms with E-state index in [9.17, 15) is 18.0 Å². The SMILES string of the molecule is COc1cccc(NC(=O)c2cccnc2OCC(F)(F)F)c1. The molecule has 1 aromatic heterocycles. The van der Waals surface area contributed by atoms with Crippen molar-refractivity contribution in [1.82, 2.24) is 4.98 Å². The molecule has 0 aliphatic rings. The molecule has 8 heteroatoms. The second kappa shape index (κ2) is 6.99. The number of carbonyl (C=O) groups excluding carboxylic acids is 1. The normalized spacial score (nSPS) is 11.0. The van der Waals surface area contributed by atoms with E-state index < -0.39 is 18.7 Å². The zero-order chi connectivity index (χ0) is 16.9. The molecule has 0 saturated heterocycles. The van der Waals surface area contributed by atoms with Crippen molar-refractivity contribution in [3.8, 4) is 11.6 Å². The third-order valence-corrected chi connectivity index (χ3v) is 2.72. The zero-order valence-electron chi connectivity index (χ0n) is 12.1. The van der Waals surface area contributed by atoms with Crippen molar-refractivity contribution in [3.05, 3.63) is 48.2 Å². The highest BCUT2D eigenvalue weighted by Gasteiger charge is 2.29. The van der Waals surface area contributed by atoms with Gasteiger partial charge in [0.25, 0.3) is 5.91 Å². The molecule has 23 heavy (non-hydrogen) atoms. The number of halogens is 3. The number of aromatic nitrogens is 1. The van der Waals surface area contributed by atoms with E-state index >= 15 is 0 Å². The van der Waals surface area contributed by atoms with E-state index in [2.05, 4.69) is 15.0 Å². The van der Waals surface area contributed by atoms with Crippen molar-refractivity contribution in [2.24, 2.45) is 0 Å². The molecule has 2 aromatic rings. The highest BCUT2D eigenvalue weighted by molar-refractivity contribution is 6.05. The van der Waals surface area contributed by atoms with Gasteiger partial charge in [-0.15, -0.1) is 0 Å². The first kappa shape index (κ1) is 16.6. The monoisotopic (exact) mass is 326 g/mol. The van der Waals surface area contributed by atoms with Gasteiger partial charge in [0.15, 0.2) is 6.61 Å². The molecule has 122 valence electrons. The lowest BCUT2D eigenvalue weighted by atomic mass is 10.2. The Kier molecular flexibility index (Phi) is 5.05. The molecule has 5 nitrogen and oxygen atoms in total. The number of carbonyl (C=O) groups is 1. The topological polar surface area (TPSA) is 60.5 Å². The molecule has 0 aliphatic heterocycles. The van der Waals surface area contributed by atoms with Gasteiger partial charge in [-0.2, -0.15) is 13.2 Å². The lowest BCUT2D eigenvalue weighted by molar-refractivity contribution is -0.154. The van der Waals surface area contributed by atoms with Gasteiger partial charge in [-0.25, -0.2) is 4.98 Å². The molecular formula is C15H13F3N2O3. The van der Waals surface area contributed by atoms with Gasteiger partial charge in [0.05, 0.1) is 7.11 Å². The van der Waals surface area contributed by atoms with Gasteiger partial charge in [-0.3, -0.25) is 4.79 Å². The number of ether oxygens (including phenoxy) is 2. The number of alkyl halides is 3. The van der Waals surface area contributed by atoms with Crippen molar-refractivity contribution in [2.75, 3.05) is 19.0 Å². The van der Waals surface area contributed by atoms with Crippen LogP contribution in [0.5, 0.6) is 11.6 Å². The zero-order valence-corrected chi connectivity index (χ0v) is 12.1. The van der Waals surface area contributed by atoms with Crippen LogP contribution < -0.4 is 14.8 Å². The van der Waals surface area contributed by atoms with E-state index in [0.717, 1.165) is 0 Å². The largest absolute Gasteiger partial charge is 0.497 e. The van der Waals surface area contributed by atoms with Gasteiger partial charge < -0.3 is 14.8 Å². The number of nitrogens with one attached hydrogen (secondary N) is 1. The summed E-state index contributed by atoms with van der Waals surface area (Å²) in [5, 5.41) is 2.55. The summed E-state index contributed by atoms with van der Waals surface area (Å²) in [5.41, 5.74) is 0.333. The second-order valence-corrected chi connectivity index (χ2v) is 4.45. The number of nitrogens with zero attached hydrogens (tertiary/aromatic N) is 1. The Morgan fingerprint density at radius 2 is 2.04 bits per heavy atom. The number of anilines is 1.